The summed E-state index contributed by atoms with van der Waals surface area (Å²) in [5, 5.41) is 41.8. The Morgan fingerprint density at radius 1 is 0.476 bits per heavy atom. The Labute approximate surface area is 241 Å². The minimum Gasteiger partial charge on any atom is -0.349 e. The molecule has 0 aliphatic heterocycles. The molecule has 0 unspecified atom stereocenters. The summed E-state index contributed by atoms with van der Waals surface area (Å²) in [6.07, 6.45) is 4.64. The summed E-state index contributed by atoms with van der Waals surface area (Å²) in [7, 11) is 0. The molecule has 3 amide bonds. The molecule has 4 rings (SSSR count). The van der Waals surface area contributed by atoms with E-state index in [1.54, 1.807) is 0 Å². The molecular weight excluding hydrogens is 552 g/mol. The fourth-order valence-electron chi connectivity index (χ4n) is 6.12. The van der Waals surface area contributed by atoms with Crippen LogP contribution in [0.5, 0.6) is 0 Å². The van der Waals surface area contributed by atoms with E-state index < -0.39 is 35.8 Å². The average Bonchev–Trinajstić information content (AvgIpc) is 2.97. The summed E-state index contributed by atoms with van der Waals surface area (Å²) in [6, 6.07) is 1.40. The number of rotatable bonds is 9. The number of amides is 3. The molecule has 42 heavy (non-hydrogen) atoms. The third-order valence-electron chi connectivity index (χ3n) is 8.71. The number of nitrogens with one attached hydrogen (secondary N) is 3. The molecule has 3 saturated carbocycles. The number of benzene rings is 1. The molecule has 3 aliphatic rings. The summed E-state index contributed by atoms with van der Waals surface area (Å²) >= 11 is 0. The zero-order chi connectivity index (χ0) is 30.4. The third-order valence-corrected chi connectivity index (χ3v) is 8.71. The largest absolute Gasteiger partial charge is 0.349 e. The molecule has 15 heteroatoms. The Balaban J connectivity index is 1.47. The van der Waals surface area contributed by atoms with Crippen molar-refractivity contribution in [2.75, 3.05) is 0 Å². The molecule has 0 spiro atoms. The predicted octanol–water partition coefficient (Wildman–Crippen LogP) is 2.64. The molecule has 0 bridgehead atoms. The van der Waals surface area contributed by atoms with Gasteiger partial charge in [-0.2, -0.15) is 0 Å². The molecule has 1 aromatic carbocycles. The van der Waals surface area contributed by atoms with Crippen LogP contribution in [0, 0.1) is 30.3 Å². The van der Waals surface area contributed by atoms with Gasteiger partial charge in [0.2, 0.25) is 18.1 Å². The first kappa shape index (κ1) is 30.8. The highest BCUT2D eigenvalue weighted by atomic mass is 16.6. The van der Waals surface area contributed by atoms with Crippen LogP contribution in [0.15, 0.2) is 18.2 Å². The van der Waals surface area contributed by atoms with Gasteiger partial charge >= 0.3 is 0 Å². The zero-order valence-electron chi connectivity index (χ0n) is 23.2. The van der Waals surface area contributed by atoms with Crippen LogP contribution in [-0.4, -0.2) is 68.7 Å². The van der Waals surface area contributed by atoms with Gasteiger partial charge in [-0.3, -0.25) is 44.7 Å². The Bertz CT molecular complexity index is 1060. The Hall–Kier alpha value is -4.17. The first-order chi connectivity index (χ1) is 20.0. The molecule has 0 radical (unpaired) electrons. The van der Waals surface area contributed by atoms with Crippen molar-refractivity contribution in [3.05, 3.63) is 65.2 Å². The molecule has 3 N–H and O–H groups in total. The van der Waals surface area contributed by atoms with Crippen LogP contribution in [-0.2, 0) is 0 Å². The van der Waals surface area contributed by atoms with E-state index >= 15 is 0 Å². The van der Waals surface area contributed by atoms with Crippen molar-refractivity contribution >= 4 is 17.7 Å². The van der Waals surface area contributed by atoms with E-state index in [-0.39, 0.29) is 49.6 Å². The summed E-state index contributed by atoms with van der Waals surface area (Å²) < 4.78 is 0. The second-order valence-corrected chi connectivity index (χ2v) is 11.6. The molecule has 15 nitrogen and oxygen atoms in total. The van der Waals surface area contributed by atoms with Gasteiger partial charge in [0.1, 0.15) is 0 Å². The zero-order valence-corrected chi connectivity index (χ0v) is 23.2. The van der Waals surface area contributed by atoms with Crippen LogP contribution in [0.4, 0.5) is 0 Å². The first-order valence-corrected chi connectivity index (χ1v) is 14.5. The number of carbonyl (C=O) groups is 3. The predicted molar refractivity (Wildman–Crippen MR) is 148 cm³/mol. The van der Waals surface area contributed by atoms with Gasteiger partial charge in [0.25, 0.3) is 17.7 Å². The fraction of sp³-hybridized carbons (Fsp3) is 0.667. The van der Waals surface area contributed by atoms with Crippen LogP contribution >= 0.6 is 0 Å². The van der Waals surface area contributed by atoms with Crippen LogP contribution in [0.3, 0.4) is 0 Å². The molecule has 1 aromatic rings. The van der Waals surface area contributed by atoms with Crippen LogP contribution < -0.4 is 16.0 Å². The topological polar surface area (TPSA) is 217 Å². The summed E-state index contributed by atoms with van der Waals surface area (Å²) in [6.45, 7) is 0. The molecular formula is C27H36N6O9. The van der Waals surface area contributed by atoms with Gasteiger partial charge < -0.3 is 16.0 Å². The van der Waals surface area contributed by atoms with E-state index in [4.69, 9.17) is 0 Å². The van der Waals surface area contributed by atoms with Crippen LogP contribution in [0.2, 0.25) is 0 Å². The number of hydrogen-bond acceptors (Lipinski definition) is 9. The molecule has 0 atom stereocenters. The highest BCUT2D eigenvalue weighted by Gasteiger charge is 2.32. The van der Waals surface area contributed by atoms with E-state index in [2.05, 4.69) is 16.0 Å². The van der Waals surface area contributed by atoms with Crippen molar-refractivity contribution in [3.63, 3.8) is 0 Å². The van der Waals surface area contributed by atoms with Gasteiger partial charge in [-0.05, 0) is 56.7 Å². The molecule has 0 heterocycles. The number of nitro groups is 3. The summed E-state index contributed by atoms with van der Waals surface area (Å²) in [4.78, 5) is 71.9. The van der Waals surface area contributed by atoms with Crippen molar-refractivity contribution < 1.29 is 29.2 Å². The highest BCUT2D eigenvalue weighted by molar-refractivity contribution is 6.04. The van der Waals surface area contributed by atoms with E-state index in [0.717, 1.165) is 0 Å². The maximum Gasteiger partial charge on any atom is 0.251 e. The van der Waals surface area contributed by atoms with E-state index in [9.17, 15) is 44.7 Å². The highest BCUT2D eigenvalue weighted by Crippen LogP contribution is 2.24. The van der Waals surface area contributed by atoms with Crippen molar-refractivity contribution in [1.29, 1.82) is 0 Å². The molecule has 0 saturated heterocycles. The smallest absolute Gasteiger partial charge is 0.251 e. The average molecular weight is 589 g/mol. The van der Waals surface area contributed by atoms with Gasteiger partial charge in [-0.15, -0.1) is 0 Å². The summed E-state index contributed by atoms with van der Waals surface area (Å²) in [5.74, 6) is -1.54. The Morgan fingerprint density at radius 2 is 0.690 bits per heavy atom. The third kappa shape index (κ3) is 7.97. The van der Waals surface area contributed by atoms with Gasteiger partial charge in [0.15, 0.2) is 0 Å². The SMILES string of the molecule is O=C(NC1CCC([N+](=O)[O-])CC1)c1cc(C(=O)NC2CCC([N+](=O)[O-])CC2)cc(C(=O)NC2CCC([N+](=O)[O-])CC2)c1. The monoisotopic (exact) mass is 588 g/mol. The second-order valence-electron chi connectivity index (χ2n) is 11.6. The molecule has 3 fully saturated rings. The number of carbonyl (C=O) groups excluding carboxylic acids is 3. The summed E-state index contributed by atoms with van der Waals surface area (Å²) in [5.41, 5.74) is 0.245. The van der Waals surface area contributed by atoms with Gasteiger partial charge in [-0.1, -0.05) is 0 Å². The first-order valence-electron chi connectivity index (χ1n) is 14.5. The lowest BCUT2D eigenvalue weighted by molar-refractivity contribution is -0.526. The van der Waals surface area contributed by atoms with Crippen molar-refractivity contribution in [1.82, 2.24) is 16.0 Å². The van der Waals surface area contributed by atoms with Gasteiger partial charge in [-0.25, -0.2) is 0 Å². The lowest BCUT2D eigenvalue weighted by atomic mass is 9.90. The molecule has 3 aliphatic carbocycles. The lowest BCUT2D eigenvalue weighted by Crippen LogP contribution is -2.42. The van der Waals surface area contributed by atoms with E-state index in [1.165, 1.54) is 18.2 Å². The minimum absolute atomic E-state index is 0.0818. The van der Waals surface area contributed by atoms with Crippen LogP contribution in [0.1, 0.15) is 108 Å². The van der Waals surface area contributed by atoms with E-state index in [1.807, 2.05) is 0 Å². The quantitative estimate of drug-likeness (QED) is 0.285. The maximum atomic E-state index is 13.2. The van der Waals surface area contributed by atoms with Crippen molar-refractivity contribution in [3.8, 4) is 0 Å². The van der Waals surface area contributed by atoms with Crippen molar-refractivity contribution in [2.24, 2.45) is 0 Å². The Kier molecular flexibility index (Phi) is 10.0. The number of hydrogen-bond donors (Lipinski definition) is 3. The number of nitrogens with zero attached hydrogens (tertiary/aromatic N) is 3. The maximum absolute atomic E-state index is 13.2. The van der Waals surface area contributed by atoms with E-state index in [0.29, 0.717) is 77.0 Å². The standard InChI is InChI=1S/C27H36N6O9/c34-25(28-19-1-7-22(8-2-19)31(37)38)16-13-17(26(35)29-20-3-9-23(10-4-20)32(39)40)15-18(14-16)27(36)30-21-5-11-24(12-6-21)33(41)42/h13-15,19-24H,1-12H2,(H,28,34)(H,29,35)(H,30,36). The molecule has 0 aromatic heterocycles. The Morgan fingerprint density at radius 3 is 0.881 bits per heavy atom. The second kappa shape index (κ2) is 13.7. The normalized spacial score (nSPS) is 27.7. The van der Waals surface area contributed by atoms with Crippen LogP contribution in [0.25, 0.3) is 0 Å². The van der Waals surface area contributed by atoms with Gasteiger partial charge in [0.05, 0.1) is 0 Å². The van der Waals surface area contributed by atoms with Crippen molar-refractivity contribution in [2.45, 2.75) is 113 Å². The fourth-order valence-corrected chi connectivity index (χ4v) is 6.12. The minimum atomic E-state index is -0.638. The molecule has 228 valence electrons. The van der Waals surface area contributed by atoms with Gasteiger partial charge in [0, 0.05) is 88.1 Å². The lowest BCUT2D eigenvalue weighted by Gasteiger charge is -2.26.